The molecule has 2 aliphatic rings. The van der Waals surface area contributed by atoms with Gasteiger partial charge in [0.05, 0.1) is 12.7 Å². The van der Waals surface area contributed by atoms with Crippen molar-refractivity contribution in [2.24, 2.45) is 17.8 Å². The largest absolute Gasteiger partial charge is 0.439 e. The Balaban J connectivity index is 1.27. The highest BCUT2D eigenvalue weighted by molar-refractivity contribution is 5.74. The lowest BCUT2D eigenvalue weighted by Gasteiger charge is -2.28. The zero-order chi connectivity index (χ0) is 17.2. The quantitative estimate of drug-likeness (QED) is 0.866. The molecule has 2 aromatic rings. The molecule has 1 heterocycles. The molecule has 2 saturated carbocycles. The van der Waals surface area contributed by atoms with Crippen molar-refractivity contribution in [2.75, 3.05) is 0 Å². The maximum absolute atomic E-state index is 12.2. The third-order valence-electron chi connectivity index (χ3n) is 5.81. The molecule has 0 unspecified atom stereocenters. The fourth-order valence-electron chi connectivity index (χ4n) is 4.55. The molecule has 2 amide bonds. The van der Waals surface area contributed by atoms with E-state index < -0.39 is 0 Å². The van der Waals surface area contributed by atoms with Crippen LogP contribution in [0, 0.1) is 17.8 Å². The van der Waals surface area contributed by atoms with Gasteiger partial charge in [-0.15, -0.1) is 0 Å². The van der Waals surface area contributed by atoms with E-state index in [2.05, 4.69) is 22.5 Å². The van der Waals surface area contributed by atoms with E-state index in [1.54, 1.807) is 6.20 Å². The van der Waals surface area contributed by atoms with Gasteiger partial charge in [-0.25, -0.2) is 9.78 Å². The standard InChI is InChI=1S/C20H25N3O2/c1-13(17-10-14-7-8-16(17)9-14)23-20(24)22-12-19-21-11-18(25-19)15-5-3-2-4-6-15/h2-6,11,13-14,16-17H,7-10,12H2,1H3,(H2,22,23,24)/t13-,14+,16+,17+/m1/s1. The molecule has 1 aromatic heterocycles. The first-order valence-corrected chi connectivity index (χ1v) is 9.23. The molecule has 4 rings (SSSR count). The van der Waals surface area contributed by atoms with Crippen molar-refractivity contribution in [3.05, 3.63) is 42.4 Å². The Kier molecular flexibility index (Phi) is 4.47. The number of nitrogens with one attached hydrogen (secondary N) is 2. The lowest BCUT2D eigenvalue weighted by molar-refractivity contribution is 0.219. The van der Waals surface area contributed by atoms with E-state index in [1.165, 1.54) is 25.7 Å². The summed E-state index contributed by atoms with van der Waals surface area (Å²) < 4.78 is 5.71. The van der Waals surface area contributed by atoms with Crippen molar-refractivity contribution >= 4 is 6.03 Å². The van der Waals surface area contributed by atoms with E-state index in [0.29, 0.717) is 24.1 Å². The number of hydrogen-bond acceptors (Lipinski definition) is 3. The fourth-order valence-corrected chi connectivity index (χ4v) is 4.55. The summed E-state index contributed by atoms with van der Waals surface area (Å²) in [5.74, 6) is 3.57. The zero-order valence-electron chi connectivity index (χ0n) is 14.6. The molecule has 132 valence electrons. The average Bonchev–Trinajstić information content (AvgIpc) is 3.37. The first kappa shape index (κ1) is 16.2. The molecule has 2 bridgehead atoms. The highest BCUT2D eigenvalue weighted by Crippen LogP contribution is 2.49. The Labute approximate surface area is 148 Å². The number of fused-ring (bicyclic) bond motifs is 2. The van der Waals surface area contributed by atoms with Gasteiger partial charge in [0.1, 0.15) is 0 Å². The van der Waals surface area contributed by atoms with Gasteiger partial charge >= 0.3 is 6.03 Å². The summed E-state index contributed by atoms with van der Waals surface area (Å²) in [6, 6.07) is 9.91. The number of amides is 2. The van der Waals surface area contributed by atoms with Gasteiger partial charge in [-0.1, -0.05) is 36.8 Å². The molecule has 5 nitrogen and oxygen atoms in total. The van der Waals surface area contributed by atoms with Crippen LogP contribution in [0.5, 0.6) is 0 Å². The summed E-state index contributed by atoms with van der Waals surface area (Å²) in [6.07, 6.45) is 7.04. The van der Waals surface area contributed by atoms with Gasteiger partial charge in [0.15, 0.2) is 5.76 Å². The van der Waals surface area contributed by atoms with Gasteiger partial charge in [-0.2, -0.15) is 0 Å². The van der Waals surface area contributed by atoms with Crippen LogP contribution in [0.15, 0.2) is 40.9 Å². The van der Waals surface area contributed by atoms with Crippen molar-refractivity contribution in [3.63, 3.8) is 0 Å². The van der Waals surface area contributed by atoms with E-state index >= 15 is 0 Å². The number of nitrogens with zero attached hydrogens (tertiary/aromatic N) is 1. The summed E-state index contributed by atoms with van der Waals surface area (Å²) in [5.41, 5.74) is 0.982. The number of oxazole rings is 1. The first-order chi connectivity index (χ1) is 12.2. The van der Waals surface area contributed by atoms with Crippen LogP contribution in [0.2, 0.25) is 0 Å². The minimum absolute atomic E-state index is 0.144. The van der Waals surface area contributed by atoms with Gasteiger partial charge in [0.2, 0.25) is 5.89 Å². The van der Waals surface area contributed by atoms with E-state index in [-0.39, 0.29) is 12.1 Å². The molecule has 25 heavy (non-hydrogen) atoms. The molecule has 0 saturated heterocycles. The van der Waals surface area contributed by atoms with Crippen LogP contribution in [0.1, 0.15) is 38.5 Å². The molecule has 2 N–H and O–H groups in total. The Morgan fingerprint density at radius 1 is 1.28 bits per heavy atom. The SMILES string of the molecule is C[C@@H](NC(=O)NCc1ncc(-c2ccccc2)o1)[C@@H]1C[C@H]2CC[C@H]1C2. The normalized spacial score (nSPS) is 25.7. The molecule has 0 aliphatic heterocycles. The lowest BCUT2D eigenvalue weighted by Crippen LogP contribution is -2.45. The number of rotatable bonds is 5. The third kappa shape index (κ3) is 3.55. The second-order valence-electron chi connectivity index (χ2n) is 7.44. The Morgan fingerprint density at radius 3 is 2.84 bits per heavy atom. The lowest BCUT2D eigenvalue weighted by atomic mass is 9.84. The van der Waals surface area contributed by atoms with Crippen LogP contribution in [0.4, 0.5) is 4.79 Å². The van der Waals surface area contributed by atoms with E-state index in [9.17, 15) is 4.79 Å². The molecule has 1 aromatic carbocycles. The summed E-state index contributed by atoms with van der Waals surface area (Å²) in [5, 5.41) is 5.95. The smallest absolute Gasteiger partial charge is 0.315 e. The number of hydrogen-bond donors (Lipinski definition) is 2. The summed E-state index contributed by atoms with van der Waals surface area (Å²) >= 11 is 0. The number of benzene rings is 1. The van der Waals surface area contributed by atoms with Gasteiger partial charge in [-0.05, 0) is 43.9 Å². The van der Waals surface area contributed by atoms with Crippen molar-refractivity contribution in [1.29, 1.82) is 0 Å². The van der Waals surface area contributed by atoms with Crippen LogP contribution in [-0.4, -0.2) is 17.1 Å². The summed E-state index contributed by atoms with van der Waals surface area (Å²) in [6.45, 7) is 2.42. The Hall–Kier alpha value is -2.30. The zero-order valence-corrected chi connectivity index (χ0v) is 14.6. The molecule has 0 spiro atoms. The molecular weight excluding hydrogens is 314 g/mol. The van der Waals surface area contributed by atoms with Crippen LogP contribution in [0.25, 0.3) is 11.3 Å². The summed E-state index contributed by atoms with van der Waals surface area (Å²) in [4.78, 5) is 16.4. The number of carbonyl (C=O) groups excluding carboxylic acids is 1. The fraction of sp³-hybridized carbons (Fsp3) is 0.500. The van der Waals surface area contributed by atoms with Crippen molar-refractivity contribution < 1.29 is 9.21 Å². The minimum atomic E-state index is -0.144. The van der Waals surface area contributed by atoms with E-state index in [1.807, 2.05) is 30.3 Å². The highest BCUT2D eigenvalue weighted by Gasteiger charge is 2.42. The van der Waals surface area contributed by atoms with Gasteiger partial charge < -0.3 is 15.1 Å². The van der Waals surface area contributed by atoms with Crippen LogP contribution < -0.4 is 10.6 Å². The van der Waals surface area contributed by atoms with Crippen molar-refractivity contribution in [3.8, 4) is 11.3 Å². The Morgan fingerprint density at radius 2 is 2.12 bits per heavy atom. The molecule has 0 radical (unpaired) electrons. The second-order valence-corrected chi connectivity index (χ2v) is 7.44. The minimum Gasteiger partial charge on any atom is -0.439 e. The van der Waals surface area contributed by atoms with Gasteiger partial charge in [0.25, 0.3) is 0 Å². The van der Waals surface area contributed by atoms with Crippen LogP contribution in [-0.2, 0) is 6.54 Å². The van der Waals surface area contributed by atoms with Crippen LogP contribution in [0.3, 0.4) is 0 Å². The Bertz CT molecular complexity index is 728. The average molecular weight is 339 g/mol. The number of aromatic nitrogens is 1. The topological polar surface area (TPSA) is 67.2 Å². The summed E-state index contributed by atoms with van der Waals surface area (Å²) in [7, 11) is 0. The predicted molar refractivity (Wildman–Crippen MR) is 95.7 cm³/mol. The maximum atomic E-state index is 12.2. The van der Waals surface area contributed by atoms with E-state index in [4.69, 9.17) is 4.42 Å². The number of carbonyl (C=O) groups is 1. The maximum Gasteiger partial charge on any atom is 0.315 e. The molecule has 4 atom stereocenters. The monoisotopic (exact) mass is 339 g/mol. The predicted octanol–water partition coefficient (Wildman–Crippen LogP) is 3.97. The second kappa shape index (κ2) is 6.90. The van der Waals surface area contributed by atoms with E-state index in [0.717, 1.165) is 17.4 Å². The highest BCUT2D eigenvalue weighted by atomic mass is 16.4. The van der Waals surface area contributed by atoms with Crippen molar-refractivity contribution in [2.45, 2.75) is 45.2 Å². The number of urea groups is 1. The van der Waals surface area contributed by atoms with Gasteiger partial charge in [0, 0.05) is 11.6 Å². The van der Waals surface area contributed by atoms with Crippen molar-refractivity contribution in [1.82, 2.24) is 15.6 Å². The van der Waals surface area contributed by atoms with Crippen LogP contribution >= 0.6 is 0 Å². The molecule has 2 aliphatic carbocycles. The van der Waals surface area contributed by atoms with Gasteiger partial charge in [-0.3, -0.25) is 0 Å². The molecule has 5 heteroatoms. The third-order valence-corrected chi connectivity index (χ3v) is 5.81. The first-order valence-electron chi connectivity index (χ1n) is 9.23. The molecule has 2 fully saturated rings. The molecular formula is C20H25N3O2.